The lowest BCUT2D eigenvalue weighted by atomic mass is 9.88. The van der Waals surface area contributed by atoms with Crippen molar-refractivity contribution in [3.05, 3.63) is 23.3 Å². The van der Waals surface area contributed by atoms with Gasteiger partial charge in [-0.1, -0.05) is 0 Å². The summed E-state index contributed by atoms with van der Waals surface area (Å²) in [6.07, 6.45) is 2.39. The number of benzene rings is 1. The molecule has 0 aromatic heterocycles. The van der Waals surface area contributed by atoms with Gasteiger partial charge in [0.15, 0.2) is 0 Å². The van der Waals surface area contributed by atoms with E-state index in [0.29, 0.717) is 5.92 Å². The molecule has 2 rings (SSSR count). The Kier molecular flexibility index (Phi) is 3.34. The summed E-state index contributed by atoms with van der Waals surface area (Å²) < 4.78 is 5.37. The third kappa shape index (κ3) is 2.14. The molecule has 2 N–H and O–H groups in total. The summed E-state index contributed by atoms with van der Waals surface area (Å²) >= 11 is 0. The Bertz CT molecular complexity index is 370. The minimum Gasteiger partial charge on any atom is -0.508 e. The van der Waals surface area contributed by atoms with Crippen LogP contribution in [0, 0.1) is 6.92 Å². The molecule has 0 saturated carbocycles. The molecule has 0 spiro atoms. The Morgan fingerprint density at radius 1 is 1.44 bits per heavy atom. The molecule has 16 heavy (non-hydrogen) atoms. The van der Waals surface area contributed by atoms with Crippen LogP contribution in [0.15, 0.2) is 12.1 Å². The maximum atomic E-state index is 9.55. The van der Waals surface area contributed by atoms with E-state index < -0.39 is 0 Å². The highest BCUT2D eigenvalue weighted by molar-refractivity contribution is 5.47. The van der Waals surface area contributed by atoms with Crippen LogP contribution in [0.3, 0.4) is 0 Å². The topological polar surface area (TPSA) is 41.5 Å². The van der Waals surface area contributed by atoms with Crippen molar-refractivity contribution in [3.63, 3.8) is 0 Å². The Hall–Kier alpha value is -1.22. The predicted octanol–water partition coefficient (Wildman–Crippen LogP) is 2.18. The minimum atomic E-state index is 0.280. The van der Waals surface area contributed by atoms with Crippen LogP contribution in [0.2, 0.25) is 0 Å². The summed E-state index contributed by atoms with van der Waals surface area (Å²) in [6.45, 7) is 4.14. The van der Waals surface area contributed by atoms with Crippen molar-refractivity contribution in [1.29, 1.82) is 0 Å². The standard InChI is InChI=1S/C13H19NO2/c1-9-6-11(15)7-12(16-2)13(9)10-4-3-5-14-8-10/h6-7,10,14-15H,3-5,8H2,1-2H3. The first-order valence-corrected chi connectivity index (χ1v) is 5.80. The first-order valence-electron chi connectivity index (χ1n) is 5.80. The maximum absolute atomic E-state index is 9.55. The molecular weight excluding hydrogens is 202 g/mol. The predicted molar refractivity (Wildman–Crippen MR) is 64.2 cm³/mol. The van der Waals surface area contributed by atoms with Crippen LogP contribution in [0.1, 0.15) is 29.9 Å². The lowest BCUT2D eigenvalue weighted by Gasteiger charge is -2.26. The van der Waals surface area contributed by atoms with E-state index in [-0.39, 0.29) is 5.75 Å². The SMILES string of the molecule is COc1cc(O)cc(C)c1C1CCCNC1. The molecule has 1 aliphatic heterocycles. The van der Waals surface area contributed by atoms with E-state index in [4.69, 9.17) is 4.74 Å². The summed E-state index contributed by atoms with van der Waals surface area (Å²) in [4.78, 5) is 0. The molecule has 0 bridgehead atoms. The zero-order chi connectivity index (χ0) is 11.5. The van der Waals surface area contributed by atoms with Gasteiger partial charge in [0.05, 0.1) is 7.11 Å². The van der Waals surface area contributed by atoms with Gasteiger partial charge in [-0.15, -0.1) is 0 Å². The second-order valence-corrected chi connectivity index (χ2v) is 4.42. The van der Waals surface area contributed by atoms with E-state index in [0.717, 1.165) is 24.4 Å². The highest BCUT2D eigenvalue weighted by Crippen LogP contribution is 2.36. The number of piperidine rings is 1. The molecule has 1 aromatic rings. The number of methoxy groups -OCH3 is 1. The van der Waals surface area contributed by atoms with E-state index in [2.05, 4.69) is 5.32 Å². The highest BCUT2D eigenvalue weighted by atomic mass is 16.5. The van der Waals surface area contributed by atoms with Crippen molar-refractivity contribution >= 4 is 0 Å². The third-order valence-corrected chi connectivity index (χ3v) is 3.26. The smallest absolute Gasteiger partial charge is 0.126 e. The molecule has 0 amide bonds. The molecule has 1 aromatic carbocycles. The molecule has 1 saturated heterocycles. The van der Waals surface area contributed by atoms with Crippen molar-refractivity contribution in [2.24, 2.45) is 0 Å². The van der Waals surface area contributed by atoms with Gasteiger partial charge in [0, 0.05) is 24.1 Å². The van der Waals surface area contributed by atoms with E-state index in [1.165, 1.54) is 18.4 Å². The van der Waals surface area contributed by atoms with Gasteiger partial charge in [-0.05, 0) is 37.9 Å². The fourth-order valence-corrected chi connectivity index (χ4v) is 2.54. The van der Waals surface area contributed by atoms with Crippen LogP contribution >= 0.6 is 0 Å². The second-order valence-electron chi connectivity index (χ2n) is 4.42. The fraction of sp³-hybridized carbons (Fsp3) is 0.538. The van der Waals surface area contributed by atoms with Crippen LogP contribution in [0.5, 0.6) is 11.5 Å². The Morgan fingerprint density at radius 3 is 2.88 bits per heavy atom. The lowest BCUT2D eigenvalue weighted by Crippen LogP contribution is -2.29. The van der Waals surface area contributed by atoms with Crippen molar-refractivity contribution in [1.82, 2.24) is 5.32 Å². The molecule has 88 valence electrons. The lowest BCUT2D eigenvalue weighted by molar-refractivity contribution is 0.386. The summed E-state index contributed by atoms with van der Waals surface area (Å²) in [5.41, 5.74) is 2.36. The Morgan fingerprint density at radius 2 is 2.25 bits per heavy atom. The zero-order valence-corrected chi connectivity index (χ0v) is 9.92. The van der Waals surface area contributed by atoms with Gasteiger partial charge in [0.1, 0.15) is 11.5 Å². The number of nitrogens with one attached hydrogen (secondary N) is 1. The van der Waals surface area contributed by atoms with Crippen LogP contribution < -0.4 is 10.1 Å². The zero-order valence-electron chi connectivity index (χ0n) is 9.92. The van der Waals surface area contributed by atoms with Gasteiger partial charge in [0.2, 0.25) is 0 Å². The van der Waals surface area contributed by atoms with Crippen LogP contribution in [0.4, 0.5) is 0 Å². The van der Waals surface area contributed by atoms with E-state index >= 15 is 0 Å². The number of ether oxygens (including phenoxy) is 1. The summed E-state index contributed by atoms with van der Waals surface area (Å²) in [7, 11) is 1.66. The van der Waals surface area contributed by atoms with Crippen LogP contribution in [0.25, 0.3) is 0 Å². The largest absolute Gasteiger partial charge is 0.508 e. The second kappa shape index (κ2) is 4.74. The third-order valence-electron chi connectivity index (χ3n) is 3.26. The molecule has 3 heteroatoms. The molecule has 0 aliphatic carbocycles. The highest BCUT2D eigenvalue weighted by Gasteiger charge is 2.21. The van der Waals surface area contributed by atoms with Crippen molar-refractivity contribution in [2.75, 3.05) is 20.2 Å². The number of phenolic OH excluding ortho intramolecular Hbond substituents is 1. The van der Waals surface area contributed by atoms with Crippen LogP contribution in [-0.2, 0) is 0 Å². The summed E-state index contributed by atoms with van der Waals surface area (Å²) in [5.74, 6) is 1.59. The summed E-state index contributed by atoms with van der Waals surface area (Å²) in [6, 6.07) is 3.52. The van der Waals surface area contributed by atoms with Crippen molar-refractivity contribution in [3.8, 4) is 11.5 Å². The van der Waals surface area contributed by atoms with Gasteiger partial charge >= 0.3 is 0 Å². The molecule has 3 nitrogen and oxygen atoms in total. The quantitative estimate of drug-likeness (QED) is 0.804. The normalized spacial score (nSPS) is 20.8. The van der Waals surface area contributed by atoms with Gasteiger partial charge in [-0.3, -0.25) is 0 Å². The van der Waals surface area contributed by atoms with E-state index in [1.54, 1.807) is 13.2 Å². The average molecular weight is 221 g/mol. The van der Waals surface area contributed by atoms with Gasteiger partial charge < -0.3 is 15.2 Å². The van der Waals surface area contributed by atoms with Crippen molar-refractivity contribution in [2.45, 2.75) is 25.7 Å². The average Bonchev–Trinajstić information content (AvgIpc) is 2.29. The monoisotopic (exact) mass is 221 g/mol. The molecule has 1 heterocycles. The van der Waals surface area contributed by atoms with Crippen LogP contribution in [-0.4, -0.2) is 25.3 Å². The number of aromatic hydroxyl groups is 1. The first-order chi connectivity index (χ1) is 7.72. The molecular formula is C13H19NO2. The molecule has 1 unspecified atom stereocenters. The molecule has 1 aliphatic rings. The van der Waals surface area contributed by atoms with Gasteiger partial charge in [-0.2, -0.15) is 0 Å². The number of aryl methyl sites for hydroxylation is 1. The van der Waals surface area contributed by atoms with Gasteiger partial charge in [0.25, 0.3) is 0 Å². The minimum absolute atomic E-state index is 0.280. The Balaban J connectivity index is 2.37. The molecule has 1 atom stereocenters. The molecule has 1 fully saturated rings. The maximum Gasteiger partial charge on any atom is 0.126 e. The van der Waals surface area contributed by atoms with E-state index in [1.807, 2.05) is 13.0 Å². The van der Waals surface area contributed by atoms with Crippen molar-refractivity contribution < 1.29 is 9.84 Å². The number of hydrogen-bond acceptors (Lipinski definition) is 3. The number of rotatable bonds is 2. The fourth-order valence-electron chi connectivity index (χ4n) is 2.54. The molecule has 0 radical (unpaired) electrons. The van der Waals surface area contributed by atoms with Gasteiger partial charge in [-0.25, -0.2) is 0 Å². The Labute approximate surface area is 96.4 Å². The van der Waals surface area contributed by atoms with E-state index in [9.17, 15) is 5.11 Å². The first kappa shape index (κ1) is 11.3. The number of phenols is 1. The summed E-state index contributed by atoms with van der Waals surface area (Å²) in [5, 5.41) is 13.0. The number of hydrogen-bond donors (Lipinski definition) is 2.